The third-order valence-electron chi connectivity index (χ3n) is 3.58. The molecule has 2 aromatic rings. The first-order valence-corrected chi connectivity index (χ1v) is 8.09. The number of hydrogen-bond donors (Lipinski definition) is 2. The molecule has 0 saturated heterocycles. The van der Waals surface area contributed by atoms with Gasteiger partial charge in [-0.05, 0) is 37.6 Å². The van der Waals surface area contributed by atoms with E-state index in [9.17, 15) is 9.59 Å². The highest BCUT2D eigenvalue weighted by atomic mass is 16.3. The van der Waals surface area contributed by atoms with Gasteiger partial charge < -0.3 is 20.0 Å². The number of carbonyl (C=O) groups is 2. The number of amides is 2. The lowest BCUT2D eigenvalue weighted by Crippen LogP contribution is -2.38. The molecule has 1 aromatic heterocycles. The molecule has 24 heavy (non-hydrogen) atoms. The summed E-state index contributed by atoms with van der Waals surface area (Å²) < 4.78 is 4.96. The van der Waals surface area contributed by atoms with Gasteiger partial charge in [0.25, 0.3) is 5.91 Å². The lowest BCUT2D eigenvalue weighted by Gasteiger charge is -2.23. The van der Waals surface area contributed by atoms with E-state index in [1.165, 1.54) is 12.0 Å². The molecule has 6 heteroatoms. The molecule has 2 N–H and O–H groups in total. The van der Waals surface area contributed by atoms with Crippen molar-refractivity contribution in [1.82, 2.24) is 10.6 Å². The highest BCUT2D eigenvalue weighted by Gasteiger charge is 2.10. The van der Waals surface area contributed by atoms with Crippen LogP contribution < -0.4 is 15.5 Å². The van der Waals surface area contributed by atoms with Gasteiger partial charge in [0.05, 0.1) is 12.8 Å². The summed E-state index contributed by atoms with van der Waals surface area (Å²) in [6.45, 7) is 4.39. The average Bonchev–Trinajstić information content (AvgIpc) is 3.15. The first kappa shape index (κ1) is 17.6. The Balaban J connectivity index is 1.63. The Bertz CT molecular complexity index is 626. The number of nitrogens with one attached hydrogen (secondary N) is 2. The molecule has 0 spiro atoms. The highest BCUT2D eigenvalue weighted by molar-refractivity contribution is 5.94. The molecule has 0 saturated carbocycles. The summed E-state index contributed by atoms with van der Waals surface area (Å²) in [6.07, 6.45) is 2.25. The van der Waals surface area contributed by atoms with E-state index in [0.717, 1.165) is 19.5 Å². The number of para-hydroxylation sites is 1. The molecule has 1 heterocycles. The van der Waals surface area contributed by atoms with Crippen LogP contribution in [0.25, 0.3) is 0 Å². The Labute approximate surface area is 141 Å². The van der Waals surface area contributed by atoms with E-state index < -0.39 is 5.91 Å². The zero-order valence-corrected chi connectivity index (χ0v) is 13.8. The van der Waals surface area contributed by atoms with Crippen LogP contribution in [0.3, 0.4) is 0 Å². The zero-order chi connectivity index (χ0) is 17.2. The van der Waals surface area contributed by atoms with E-state index in [0.29, 0.717) is 6.54 Å². The Morgan fingerprint density at radius 1 is 1.08 bits per heavy atom. The fourth-order valence-corrected chi connectivity index (χ4v) is 2.32. The third kappa shape index (κ3) is 5.46. The summed E-state index contributed by atoms with van der Waals surface area (Å²) in [5.74, 6) is -0.404. The number of furan rings is 1. The highest BCUT2D eigenvalue weighted by Crippen LogP contribution is 2.12. The Morgan fingerprint density at radius 2 is 1.88 bits per heavy atom. The van der Waals surface area contributed by atoms with Crippen molar-refractivity contribution in [2.45, 2.75) is 13.3 Å². The van der Waals surface area contributed by atoms with Crippen molar-refractivity contribution in [2.24, 2.45) is 0 Å². The molecular weight excluding hydrogens is 306 g/mol. The largest absolute Gasteiger partial charge is 0.459 e. The summed E-state index contributed by atoms with van der Waals surface area (Å²) in [7, 11) is 0. The minimum atomic E-state index is -0.392. The Morgan fingerprint density at radius 3 is 2.54 bits per heavy atom. The number of anilines is 1. The first-order chi connectivity index (χ1) is 11.7. The maximum atomic E-state index is 11.7. The molecule has 6 nitrogen and oxygen atoms in total. The maximum Gasteiger partial charge on any atom is 0.287 e. The molecule has 0 aliphatic carbocycles. The smallest absolute Gasteiger partial charge is 0.287 e. The molecule has 0 radical (unpaired) electrons. The molecule has 0 aliphatic heterocycles. The van der Waals surface area contributed by atoms with Crippen molar-refractivity contribution >= 4 is 17.5 Å². The monoisotopic (exact) mass is 329 g/mol. The van der Waals surface area contributed by atoms with Crippen LogP contribution in [0.1, 0.15) is 23.9 Å². The van der Waals surface area contributed by atoms with Crippen LogP contribution in [0.2, 0.25) is 0 Å². The van der Waals surface area contributed by atoms with Gasteiger partial charge in [-0.2, -0.15) is 0 Å². The Hall–Kier alpha value is -2.76. The minimum Gasteiger partial charge on any atom is -0.459 e. The Kier molecular flexibility index (Phi) is 6.89. The van der Waals surface area contributed by atoms with E-state index in [2.05, 4.69) is 34.6 Å². The van der Waals surface area contributed by atoms with Crippen LogP contribution in [0, 0.1) is 0 Å². The van der Waals surface area contributed by atoms with Gasteiger partial charge in [-0.25, -0.2) is 0 Å². The maximum absolute atomic E-state index is 11.7. The molecule has 0 atom stereocenters. The molecule has 0 fully saturated rings. The molecule has 2 amide bonds. The SMILES string of the molecule is CCN(CCCNC(=O)CNC(=O)c1ccco1)c1ccccc1. The lowest BCUT2D eigenvalue weighted by molar-refractivity contribution is -0.120. The molecule has 2 rings (SSSR count). The normalized spacial score (nSPS) is 10.2. The van der Waals surface area contributed by atoms with Crippen molar-refractivity contribution < 1.29 is 14.0 Å². The van der Waals surface area contributed by atoms with E-state index >= 15 is 0 Å². The molecular formula is C18H23N3O3. The zero-order valence-electron chi connectivity index (χ0n) is 13.8. The minimum absolute atomic E-state index is 0.0598. The summed E-state index contributed by atoms with van der Waals surface area (Å²) in [5.41, 5.74) is 1.18. The molecule has 0 aliphatic rings. The van der Waals surface area contributed by atoms with Gasteiger partial charge in [0, 0.05) is 25.3 Å². The van der Waals surface area contributed by atoms with Crippen molar-refractivity contribution in [3.05, 3.63) is 54.5 Å². The quantitative estimate of drug-likeness (QED) is 0.691. The van der Waals surface area contributed by atoms with E-state index in [4.69, 9.17) is 4.42 Å². The van der Waals surface area contributed by atoms with Crippen molar-refractivity contribution in [3.63, 3.8) is 0 Å². The summed E-state index contributed by atoms with van der Waals surface area (Å²) in [6, 6.07) is 13.4. The number of benzene rings is 1. The second kappa shape index (κ2) is 9.39. The number of hydrogen-bond acceptors (Lipinski definition) is 4. The van der Waals surface area contributed by atoms with Crippen LogP contribution >= 0.6 is 0 Å². The fourth-order valence-electron chi connectivity index (χ4n) is 2.32. The third-order valence-corrected chi connectivity index (χ3v) is 3.58. The second-order valence-corrected chi connectivity index (χ2v) is 5.28. The van der Waals surface area contributed by atoms with Crippen molar-refractivity contribution in [1.29, 1.82) is 0 Å². The predicted octanol–water partition coefficient (Wildman–Crippen LogP) is 2.04. The standard InChI is InChI=1S/C18H23N3O3/c1-2-21(15-8-4-3-5-9-15)12-7-11-19-17(22)14-20-18(23)16-10-6-13-24-16/h3-6,8-10,13H,2,7,11-12,14H2,1H3,(H,19,22)(H,20,23). The second-order valence-electron chi connectivity index (χ2n) is 5.28. The topological polar surface area (TPSA) is 74.6 Å². The van der Waals surface area contributed by atoms with Crippen LogP contribution in [-0.4, -0.2) is 38.0 Å². The van der Waals surface area contributed by atoms with Gasteiger partial charge in [-0.1, -0.05) is 18.2 Å². The van der Waals surface area contributed by atoms with Gasteiger partial charge in [-0.3, -0.25) is 9.59 Å². The molecule has 128 valence electrons. The van der Waals surface area contributed by atoms with Gasteiger partial charge in [-0.15, -0.1) is 0 Å². The average molecular weight is 329 g/mol. The first-order valence-electron chi connectivity index (χ1n) is 8.09. The van der Waals surface area contributed by atoms with Gasteiger partial charge >= 0.3 is 0 Å². The molecule has 0 bridgehead atoms. The van der Waals surface area contributed by atoms with Crippen LogP contribution in [0.15, 0.2) is 53.1 Å². The van der Waals surface area contributed by atoms with Crippen molar-refractivity contribution in [3.8, 4) is 0 Å². The fraction of sp³-hybridized carbons (Fsp3) is 0.333. The summed E-state index contributed by atoms with van der Waals surface area (Å²) in [4.78, 5) is 25.6. The summed E-state index contributed by atoms with van der Waals surface area (Å²) in [5, 5.41) is 5.32. The van der Waals surface area contributed by atoms with E-state index in [-0.39, 0.29) is 18.2 Å². The molecule has 0 unspecified atom stereocenters. The lowest BCUT2D eigenvalue weighted by atomic mass is 10.2. The van der Waals surface area contributed by atoms with E-state index in [1.54, 1.807) is 12.1 Å². The number of nitrogens with zero attached hydrogens (tertiary/aromatic N) is 1. The van der Waals surface area contributed by atoms with Crippen LogP contribution in [0.5, 0.6) is 0 Å². The molecule has 1 aromatic carbocycles. The predicted molar refractivity (Wildman–Crippen MR) is 93.0 cm³/mol. The van der Waals surface area contributed by atoms with E-state index in [1.807, 2.05) is 18.2 Å². The number of carbonyl (C=O) groups excluding carboxylic acids is 2. The van der Waals surface area contributed by atoms with Gasteiger partial charge in [0.2, 0.25) is 5.91 Å². The number of rotatable bonds is 9. The summed E-state index contributed by atoms with van der Waals surface area (Å²) >= 11 is 0. The van der Waals surface area contributed by atoms with Gasteiger partial charge in [0.1, 0.15) is 0 Å². The van der Waals surface area contributed by atoms with Crippen LogP contribution in [0.4, 0.5) is 5.69 Å². The van der Waals surface area contributed by atoms with Crippen LogP contribution in [-0.2, 0) is 4.79 Å². The van der Waals surface area contributed by atoms with Crippen molar-refractivity contribution in [2.75, 3.05) is 31.1 Å². The van der Waals surface area contributed by atoms with Gasteiger partial charge in [0.15, 0.2) is 5.76 Å².